The van der Waals surface area contributed by atoms with Crippen LogP contribution < -0.4 is 5.73 Å². The number of nitrogen functional groups attached to an aromatic ring is 1. The molecule has 0 aliphatic heterocycles. The monoisotopic (exact) mass is 285 g/mol. The van der Waals surface area contributed by atoms with E-state index in [2.05, 4.69) is 17.1 Å². The maximum absolute atomic E-state index is 14.0. The van der Waals surface area contributed by atoms with Crippen LogP contribution in [-0.2, 0) is 13.0 Å². The lowest BCUT2D eigenvalue weighted by molar-refractivity contribution is 0.494. The highest BCUT2D eigenvalue weighted by Crippen LogP contribution is 2.37. The first-order valence-electron chi connectivity index (χ1n) is 6.82. The summed E-state index contributed by atoms with van der Waals surface area (Å²) in [6.45, 7) is 0.514. The average molecular weight is 285 g/mol. The van der Waals surface area contributed by atoms with Gasteiger partial charge in [-0.1, -0.05) is 24.3 Å². The van der Waals surface area contributed by atoms with Gasteiger partial charge in [0.2, 0.25) is 5.95 Å². The van der Waals surface area contributed by atoms with Crippen LogP contribution in [0.3, 0.4) is 0 Å². The number of anilines is 1. The van der Waals surface area contributed by atoms with E-state index in [0.717, 1.165) is 12.5 Å². The zero-order valence-electron chi connectivity index (χ0n) is 11.2. The molecule has 1 heterocycles. The summed E-state index contributed by atoms with van der Waals surface area (Å²) in [6, 6.07) is 10.7. The number of nitrogens with zero attached hydrogens (tertiary/aromatic N) is 2. The summed E-state index contributed by atoms with van der Waals surface area (Å²) >= 11 is 0. The molecule has 0 saturated heterocycles. The van der Waals surface area contributed by atoms with Crippen molar-refractivity contribution in [2.75, 3.05) is 5.73 Å². The minimum absolute atomic E-state index is 0.150. The second-order valence-electron chi connectivity index (χ2n) is 5.41. The Morgan fingerprint density at radius 1 is 1.19 bits per heavy atom. The minimum atomic E-state index is -0.885. The van der Waals surface area contributed by atoms with E-state index < -0.39 is 11.6 Å². The molecule has 0 radical (unpaired) electrons. The molecule has 2 aromatic carbocycles. The van der Waals surface area contributed by atoms with Crippen molar-refractivity contribution in [1.29, 1.82) is 0 Å². The summed E-state index contributed by atoms with van der Waals surface area (Å²) in [5.41, 5.74) is 8.97. The van der Waals surface area contributed by atoms with Crippen molar-refractivity contribution in [2.45, 2.75) is 18.9 Å². The molecule has 1 aliphatic carbocycles. The van der Waals surface area contributed by atoms with Crippen LogP contribution in [0.5, 0.6) is 0 Å². The predicted octanol–water partition coefficient (Wildman–Crippen LogP) is 3.24. The Hall–Kier alpha value is -2.43. The standard InChI is InChI=1S/C16H13F2N3/c17-12-5-6-13-15(14(12)18)21(16(19)20-13)8-10-7-9-3-1-2-4-11(9)10/h1-6,10H,7-8H2,(H2,19,20). The number of benzene rings is 2. The molecule has 0 spiro atoms. The Morgan fingerprint density at radius 2 is 2.00 bits per heavy atom. The van der Waals surface area contributed by atoms with E-state index >= 15 is 0 Å². The van der Waals surface area contributed by atoms with Crippen molar-refractivity contribution in [3.63, 3.8) is 0 Å². The number of nitrogens with two attached hydrogens (primary N) is 1. The summed E-state index contributed by atoms with van der Waals surface area (Å²) in [7, 11) is 0. The van der Waals surface area contributed by atoms with Crippen LogP contribution in [0.15, 0.2) is 36.4 Å². The summed E-state index contributed by atoms with van der Waals surface area (Å²) in [5, 5.41) is 0. The lowest BCUT2D eigenvalue weighted by Gasteiger charge is -2.30. The van der Waals surface area contributed by atoms with E-state index in [1.54, 1.807) is 4.57 Å². The van der Waals surface area contributed by atoms with Crippen molar-refractivity contribution in [2.24, 2.45) is 0 Å². The summed E-state index contributed by atoms with van der Waals surface area (Å²) < 4.78 is 29.1. The van der Waals surface area contributed by atoms with Crippen LogP contribution in [0, 0.1) is 11.6 Å². The van der Waals surface area contributed by atoms with E-state index in [4.69, 9.17) is 5.73 Å². The Balaban J connectivity index is 1.78. The Morgan fingerprint density at radius 3 is 2.81 bits per heavy atom. The smallest absolute Gasteiger partial charge is 0.201 e. The summed E-state index contributed by atoms with van der Waals surface area (Å²) in [5.74, 6) is -1.27. The third kappa shape index (κ3) is 1.73. The molecule has 0 bridgehead atoms. The quantitative estimate of drug-likeness (QED) is 0.785. The maximum Gasteiger partial charge on any atom is 0.201 e. The lowest BCUT2D eigenvalue weighted by atomic mass is 9.77. The normalized spacial score (nSPS) is 16.8. The molecule has 1 aromatic heterocycles. The highest BCUT2D eigenvalue weighted by Gasteiger charge is 2.27. The molecule has 5 heteroatoms. The van der Waals surface area contributed by atoms with E-state index in [0.29, 0.717) is 12.1 Å². The lowest BCUT2D eigenvalue weighted by Crippen LogP contribution is -2.22. The molecule has 3 nitrogen and oxygen atoms in total. The highest BCUT2D eigenvalue weighted by atomic mass is 19.2. The van der Waals surface area contributed by atoms with Crippen LogP contribution >= 0.6 is 0 Å². The van der Waals surface area contributed by atoms with Crippen LogP contribution in [0.4, 0.5) is 14.7 Å². The van der Waals surface area contributed by atoms with Crippen molar-refractivity contribution < 1.29 is 8.78 Å². The second-order valence-corrected chi connectivity index (χ2v) is 5.41. The first-order valence-corrected chi connectivity index (χ1v) is 6.82. The molecule has 3 aromatic rings. The van der Waals surface area contributed by atoms with Gasteiger partial charge < -0.3 is 10.3 Å². The van der Waals surface area contributed by atoms with Crippen LogP contribution in [-0.4, -0.2) is 9.55 Å². The molecule has 1 atom stereocenters. The van der Waals surface area contributed by atoms with Crippen LogP contribution in [0.25, 0.3) is 11.0 Å². The van der Waals surface area contributed by atoms with Gasteiger partial charge in [0.25, 0.3) is 0 Å². The highest BCUT2D eigenvalue weighted by molar-refractivity contribution is 5.79. The van der Waals surface area contributed by atoms with Gasteiger partial charge >= 0.3 is 0 Å². The van der Waals surface area contributed by atoms with Gasteiger partial charge in [-0.15, -0.1) is 0 Å². The Kier molecular flexibility index (Phi) is 2.51. The number of fused-ring (bicyclic) bond motifs is 2. The fourth-order valence-corrected chi connectivity index (χ4v) is 3.11. The molecule has 0 fully saturated rings. The Labute approximate surface area is 120 Å². The first kappa shape index (κ1) is 12.3. The van der Waals surface area contributed by atoms with Crippen molar-refractivity contribution >= 4 is 17.0 Å². The average Bonchev–Trinajstić information content (AvgIpc) is 2.77. The molecule has 0 saturated carbocycles. The van der Waals surface area contributed by atoms with Crippen molar-refractivity contribution in [1.82, 2.24) is 9.55 Å². The topological polar surface area (TPSA) is 43.8 Å². The van der Waals surface area contributed by atoms with Gasteiger partial charge in [0.05, 0.1) is 5.52 Å². The number of hydrogen-bond acceptors (Lipinski definition) is 2. The van der Waals surface area contributed by atoms with E-state index in [1.807, 2.05) is 12.1 Å². The molecule has 106 valence electrons. The fraction of sp³-hybridized carbons (Fsp3) is 0.188. The fourth-order valence-electron chi connectivity index (χ4n) is 3.11. The van der Waals surface area contributed by atoms with Gasteiger partial charge in [0, 0.05) is 12.5 Å². The maximum atomic E-state index is 14.0. The van der Waals surface area contributed by atoms with E-state index in [9.17, 15) is 8.78 Å². The molecule has 21 heavy (non-hydrogen) atoms. The van der Waals surface area contributed by atoms with Crippen LogP contribution in [0.2, 0.25) is 0 Å². The molecule has 1 unspecified atom stereocenters. The molecule has 1 aliphatic rings. The van der Waals surface area contributed by atoms with Gasteiger partial charge in [0.1, 0.15) is 5.52 Å². The molecule has 2 N–H and O–H groups in total. The van der Waals surface area contributed by atoms with Gasteiger partial charge in [-0.05, 0) is 29.7 Å². The summed E-state index contributed by atoms with van der Waals surface area (Å²) in [6.07, 6.45) is 0.923. The molecule has 0 amide bonds. The summed E-state index contributed by atoms with van der Waals surface area (Å²) in [4.78, 5) is 4.12. The first-order chi connectivity index (χ1) is 10.1. The molecular weight excluding hydrogens is 272 g/mol. The minimum Gasteiger partial charge on any atom is -0.369 e. The number of imidazole rings is 1. The van der Waals surface area contributed by atoms with Gasteiger partial charge in [-0.2, -0.15) is 0 Å². The largest absolute Gasteiger partial charge is 0.369 e. The zero-order chi connectivity index (χ0) is 14.6. The van der Waals surface area contributed by atoms with E-state index in [-0.39, 0.29) is 17.4 Å². The number of rotatable bonds is 2. The van der Waals surface area contributed by atoms with Crippen LogP contribution in [0.1, 0.15) is 17.0 Å². The van der Waals surface area contributed by atoms with Crippen molar-refractivity contribution in [3.8, 4) is 0 Å². The SMILES string of the molecule is Nc1nc2ccc(F)c(F)c2n1CC1Cc2ccccc21. The second kappa shape index (κ2) is 4.28. The van der Waals surface area contributed by atoms with Gasteiger partial charge in [-0.3, -0.25) is 0 Å². The van der Waals surface area contributed by atoms with E-state index in [1.165, 1.54) is 17.2 Å². The third-order valence-corrected chi connectivity index (χ3v) is 4.19. The Bertz CT molecular complexity index is 854. The van der Waals surface area contributed by atoms with Gasteiger partial charge in [0.15, 0.2) is 11.6 Å². The predicted molar refractivity (Wildman–Crippen MR) is 76.9 cm³/mol. The third-order valence-electron chi connectivity index (χ3n) is 4.19. The number of hydrogen-bond donors (Lipinski definition) is 1. The number of halogens is 2. The number of aromatic nitrogens is 2. The molecule has 4 rings (SSSR count). The molecular formula is C16H13F2N3. The zero-order valence-corrected chi connectivity index (χ0v) is 11.2. The van der Waals surface area contributed by atoms with Gasteiger partial charge in [-0.25, -0.2) is 13.8 Å². The van der Waals surface area contributed by atoms with Crippen molar-refractivity contribution in [3.05, 3.63) is 59.2 Å².